The molecule has 0 amide bonds. The predicted octanol–water partition coefficient (Wildman–Crippen LogP) is 3.00. The molecule has 0 aliphatic carbocycles. The summed E-state index contributed by atoms with van der Waals surface area (Å²) < 4.78 is 5.24. The van der Waals surface area contributed by atoms with Gasteiger partial charge in [-0.05, 0) is 36.6 Å². The number of thioether (sulfide) groups is 1. The van der Waals surface area contributed by atoms with Gasteiger partial charge in [0, 0.05) is 23.4 Å². The molecule has 4 nitrogen and oxygen atoms in total. The van der Waals surface area contributed by atoms with Gasteiger partial charge in [-0.15, -0.1) is 11.8 Å². The van der Waals surface area contributed by atoms with Crippen molar-refractivity contribution in [2.45, 2.75) is 25.2 Å². The fraction of sp³-hybridized carbons (Fsp3) is 0.429. The van der Waals surface area contributed by atoms with E-state index < -0.39 is 0 Å². The van der Waals surface area contributed by atoms with Crippen LogP contribution in [0.1, 0.15) is 19.7 Å². The van der Waals surface area contributed by atoms with E-state index in [1.807, 2.05) is 23.9 Å². The van der Waals surface area contributed by atoms with Crippen LogP contribution in [0.25, 0.3) is 11.4 Å². The highest BCUT2D eigenvalue weighted by molar-refractivity contribution is 7.99. The SMILES string of the molecule is CCNCCc1nc(-c2ccc(SCC)cc2)no1. The third-order valence-corrected chi connectivity index (χ3v) is 3.55. The second kappa shape index (κ2) is 7.31. The third-order valence-electron chi connectivity index (χ3n) is 2.66. The Morgan fingerprint density at radius 2 is 2.00 bits per heavy atom. The summed E-state index contributed by atoms with van der Waals surface area (Å²) in [5.74, 6) is 2.43. The molecule has 19 heavy (non-hydrogen) atoms. The van der Waals surface area contributed by atoms with Crippen LogP contribution in [0.15, 0.2) is 33.7 Å². The van der Waals surface area contributed by atoms with E-state index in [0.29, 0.717) is 11.7 Å². The summed E-state index contributed by atoms with van der Waals surface area (Å²) in [5.41, 5.74) is 0.999. The molecule has 0 bridgehead atoms. The molecule has 2 rings (SSSR count). The first-order valence-corrected chi connectivity index (χ1v) is 7.58. The maximum absolute atomic E-state index is 5.24. The number of hydrogen-bond acceptors (Lipinski definition) is 5. The first-order valence-electron chi connectivity index (χ1n) is 6.60. The van der Waals surface area contributed by atoms with E-state index in [2.05, 4.69) is 41.4 Å². The average molecular weight is 277 g/mol. The smallest absolute Gasteiger partial charge is 0.228 e. The van der Waals surface area contributed by atoms with Crippen LogP contribution in [0.4, 0.5) is 0 Å². The molecule has 0 saturated carbocycles. The predicted molar refractivity (Wildman–Crippen MR) is 78.4 cm³/mol. The zero-order valence-electron chi connectivity index (χ0n) is 11.3. The summed E-state index contributed by atoms with van der Waals surface area (Å²) in [7, 11) is 0. The molecule has 0 aliphatic rings. The lowest BCUT2D eigenvalue weighted by Gasteiger charge is -1.98. The van der Waals surface area contributed by atoms with Gasteiger partial charge in [0.1, 0.15) is 0 Å². The van der Waals surface area contributed by atoms with Crippen molar-refractivity contribution >= 4 is 11.8 Å². The van der Waals surface area contributed by atoms with Crippen molar-refractivity contribution in [1.29, 1.82) is 0 Å². The zero-order valence-corrected chi connectivity index (χ0v) is 12.2. The molecule has 0 fully saturated rings. The van der Waals surface area contributed by atoms with Crippen LogP contribution in [0.3, 0.4) is 0 Å². The lowest BCUT2D eigenvalue weighted by atomic mass is 10.2. The molecule has 1 aromatic carbocycles. The maximum atomic E-state index is 5.24. The molecule has 1 heterocycles. The van der Waals surface area contributed by atoms with Crippen LogP contribution >= 0.6 is 11.8 Å². The topological polar surface area (TPSA) is 51.0 Å². The normalized spacial score (nSPS) is 10.8. The van der Waals surface area contributed by atoms with Gasteiger partial charge in [-0.2, -0.15) is 4.98 Å². The Balaban J connectivity index is 2.01. The van der Waals surface area contributed by atoms with Gasteiger partial charge in [0.25, 0.3) is 0 Å². The lowest BCUT2D eigenvalue weighted by molar-refractivity contribution is 0.377. The minimum atomic E-state index is 0.666. The highest BCUT2D eigenvalue weighted by Gasteiger charge is 2.08. The first-order chi connectivity index (χ1) is 9.33. The summed E-state index contributed by atoms with van der Waals surface area (Å²) in [6.45, 7) is 6.05. The second-order valence-electron chi connectivity index (χ2n) is 4.07. The number of benzene rings is 1. The van der Waals surface area contributed by atoms with Crippen molar-refractivity contribution in [3.05, 3.63) is 30.2 Å². The molecule has 1 aromatic heterocycles. The number of likely N-dealkylation sites (N-methyl/N-ethyl adjacent to an activating group) is 1. The Bertz CT molecular complexity index is 496. The Kier molecular flexibility index (Phi) is 5.42. The van der Waals surface area contributed by atoms with E-state index in [-0.39, 0.29) is 0 Å². The summed E-state index contributed by atoms with van der Waals surface area (Å²) in [5, 5.41) is 7.26. The van der Waals surface area contributed by atoms with Gasteiger partial charge < -0.3 is 9.84 Å². The molecule has 0 radical (unpaired) electrons. The maximum Gasteiger partial charge on any atom is 0.228 e. The molecule has 5 heteroatoms. The largest absolute Gasteiger partial charge is 0.339 e. The Labute approximate surface area is 118 Å². The lowest BCUT2D eigenvalue weighted by Crippen LogP contribution is -2.16. The van der Waals surface area contributed by atoms with Crippen molar-refractivity contribution in [3.63, 3.8) is 0 Å². The molecule has 0 atom stereocenters. The summed E-state index contributed by atoms with van der Waals surface area (Å²) in [6, 6.07) is 8.27. The summed E-state index contributed by atoms with van der Waals surface area (Å²) in [4.78, 5) is 5.67. The van der Waals surface area contributed by atoms with E-state index in [0.717, 1.165) is 30.8 Å². The van der Waals surface area contributed by atoms with Crippen LogP contribution in [-0.4, -0.2) is 29.0 Å². The van der Waals surface area contributed by atoms with Gasteiger partial charge >= 0.3 is 0 Å². The molecule has 0 spiro atoms. The van der Waals surface area contributed by atoms with Gasteiger partial charge in [-0.1, -0.05) is 19.0 Å². The molecule has 2 aromatic rings. The van der Waals surface area contributed by atoms with E-state index in [4.69, 9.17) is 4.52 Å². The number of nitrogens with zero attached hydrogens (tertiary/aromatic N) is 2. The highest BCUT2D eigenvalue weighted by atomic mass is 32.2. The number of aromatic nitrogens is 2. The highest BCUT2D eigenvalue weighted by Crippen LogP contribution is 2.22. The van der Waals surface area contributed by atoms with E-state index in [1.54, 1.807) is 0 Å². The van der Waals surface area contributed by atoms with E-state index >= 15 is 0 Å². The van der Waals surface area contributed by atoms with Gasteiger partial charge in [0.15, 0.2) is 0 Å². The molecule has 0 unspecified atom stereocenters. The Hall–Kier alpha value is -1.33. The molecule has 0 aliphatic heterocycles. The fourth-order valence-electron chi connectivity index (χ4n) is 1.71. The van der Waals surface area contributed by atoms with Crippen LogP contribution < -0.4 is 5.32 Å². The van der Waals surface area contributed by atoms with Crippen molar-refractivity contribution in [3.8, 4) is 11.4 Å². The average Bonchev–Trinajstić information content (AvgIpc) is 2.89. The fourth-order valence-corrected chi connectivity index (χ4v) is 2.37. The Morgan fingerprint density at radius 3 is 2.68 bits per heavy atom. The van der Waals surface area contributed by atoms with Crippen molar-refractivity contribution in [2.24, 2.45) is 0 Å². The number of hydrogen-bond donors (Lipinski definition) is 1. The third kappa shape index (κ3) is 4.08. The quantitative estimate of drug-likeness (QED) is 0.623. The molecule has 102 valence electrons. The monoisotopic (exact) mass is 277 g/mol. The standard InChI is InChI=1S/C14H19N3OS/c1-3-15-10-9-13-16-14(17-18-13)11-5-7-12(8-6-11)19-4-2/h5-8,15H,3-4,9-10H2,1-2H3. The van der Waals surface area contributed by atoms with Crippen LogP contribution in [0, 0.1) is 0 Å². The minimum absolute atomic E-state index is 0.666. The number of rotatable bonds is 7. The Morgan fingerprint density at radius 1 is 1.21 bits per heavy atom. The first kappa shape index (κ1) is 14.1. The van der Waals surface area contributed by atoms with Gasteiger partial charge in [-0.3, -0.25) is 0 Å². The zero-order chi connectivity index (χ0) is 13.5. The number of nitrogens with one attached hydrogen (secondary N) is 1. The molecule has 0 saturated heterocycles. The van der Waals surface area contributed by atoms with Crippen LogP contribution in [-0.2, 0) is 6.42 Å². The minimum Gasteiger partial charge on any atom is -0.339 e. The molecule has 1 N–H and O–H groups in total. The summed E-state index contributed by atoms with van der Waals surface area (Å²) >= 11 is 1.83. The van der Waals surface area contributed by atoms with Gasteiger partial charge in [0.05, 0.1) is 0 Å². The van der Waals surface area contributed by atoms with Crippen molar-refractivity contribution in [1.82, 2.24) is 15.5 Å². The second-order valence-corrected chi connectivity index (χ2v) is 5.41. The molecular formula is C14H19N3OS. The summed E-state index contributed by atoms with van der Waals surface area (Å²) in [6.07, 6.45) is 0.768. The van der Waals surface area contributed by atoms with Crippen LogP contribution in [0.2, 0.25) is 0 Å². The molecular weight excluding hydrogens is 258 g/mol. The van der Waals surface area contributed by atoms with E-state index in [1.165, 1.54) is 4.90 Å². The van der Waals surface area contributed by atoms with E-state index in [9.17, 15) is 0 Å². The van der Waals surface area contributed by atoms with Crippen molar-refractivity contribution in [2.75, 3.05) is 18.8 Å². The van der Waals surface area contributed by atoms with Gasteiger partial charge in [-0.25, -0.2) is 0 Å². The van der Waals surface area contributed by atoms with Gasteiger partial charge in [0.2, 0.25) is 11.7 Å². The van der Waals surface area contributed by atoms with Crippen molar-refractivity contribution < 1.29 is 4.52 Å². The van der Waals surface area contributed by atoms with Crippen LogP contribution in [0.5, 0.6) is 0 Å².